The van der Waals surface area contributed by atoms with E-state index in [0.717, 1.165) is 29.8 Å². The van der Waals surface area contributed by atoms with Crippen LogP contribution in [-0.2, 0) is 12.8 Å². The first kappa shape index (κ1) is 13.3. The Labute approximate surface area is 111 Å². The third-order valence-electron chi connectivity index (χ3n) is 3.06. The predicted octanol–water partition coefficient (Wildman–Crippen LogP) is 2.40. The molecule has 0 saturated heterocycles. The van der Waals surface area contributed by atoms with E-state index in [0.29, 0.717) is 5.82 Å². The van der Waals surface area contributed by atoms with Crippen molar-refractivity contribution < 1.29 is 9.90 Å². The number of carboxylic acid groups (broad SMARTS) is 1. The summed E-state index contributed by atoms with van der Waals surface area (Å²) in [6, 6.07) is 3.68. The molecule has 5 heteroatoms. The average Bonchev–Trinajstić information content (AvgIpc) is 2.81. The second-order valence-corrected chi connectivity index (χ2v) is 4.42. The number of hydrogen-bond donors (Lipinski definition) is 1. The van der Waals surface area contributed by atoms with Gasteiger partial charge in [0, 0.05) is 11.9 Å². The summed E-state index contributed by atoms with van der Waals surface area (Å²) in [6.07, 6.45) is 3.10. The van der Waals surface area contributed by atoms with Gasteiger partial charge >= 0.3 is 5.97 Å². The number of aryl methyl sites for hydroxylation is 3. The first-order valence-electron chi connectivity index (χ1n) is 6.35. The third-order valence-corrected chi connectivity index (χ3v) is 3.06. The molecule has 2 aromatic rings. The van der Waals surface area contributed by atoms with E-state index in [4.69, 9.17) is 5.11 Å². The van der Waals surface area contributed by atoms with Gasteiger partial charge in [-0.2, -0.15) is 5.10 Å². The van der Waals surface area contributed by atoms with E-state index >= 15 is 0 Å². The maximum absolute atomic E-state index is 10.9. The first-order chi connectivity index (χ1) is 9.06. The highest BCUT2D eigenvalue weighted by atomic mass is 16.4. The molecule has 1 N–H and O–H groups in total. The molecule has 0 spiro atoms. The van der Waals surface area contributed by atoms with Crippen LogP contribution >= 0.6 is 0 Å². The van der Waals surface area contributed by atoms with Crippen LogP contribution in [-0.4, -0.2) is 25.8 Å². The minimum Gasteiger partial charge on any atom is -0.478 e. The maximum atomic E-state index is 10.9. The SMILES string of the molecule is CCc1cc(CC)n(-c2ncc(C(=O)O)cc2C)n1. The Balaban J connectivity index is 2.52. The van der Waals surface area contributed by atoms with E-state index < -0.39 is 5.97 Å². The number of carboxylic acids is 1. The summed E-state index contributed by atoms with van der Waals surface area (Å²) in [7, 11) is 0. The van der Waals surface area contributed by atoms with Gasteiger partial charge in [0.05, 0.1) is 11.3 Å². The summed E-state index contributed by atoms with van der Waals surface area (Å²) in [5.74, 6) is -0.269. The lowest BCUT2D eigenvalue weighted by molar-refractivity contribution is 0.0696. The minimum absolute atomic E-state index is 0.196. The summed E-state index contributed by atoms with van der Waals surface area (Å²) < 4.78 is 1.81. The number of pyridine rings is 1. The molecular weight excluding hydrogens is 242 g/mol. The fourth-order valence-electron chi connectivity index (χ4n) is 1.99. The monoisotopic (exact) mass is 259 g/mol. The van der Waals surface area contributed by atoms with Crippen LogP contribution in [0.15, 0.2) is 18.3 Å². The molecule has 2 rings (SSSR count). The molecule has 2 heterocycles. The van der Waals surface area contributed by atoms with E-state index in [1.54, 1.807) is 10.7 Å². The number of hydrogen-bond acceptors (Lipinski definition) is 3. The molecule has 0 saturated carbocycles. The number of aromatic carboxylic acids is 1. The summed E-state index contributed by atoms with van der Waals surface area (Å²) >= 11 is 0. The smallest absolute Gasteiger partial charge is 0.337 e. The van der Waals surface area contributed by atoms with Gasteiger partial charge < -0.3 is 5.11 Å². The Morgan fingerprint density at radius 3 is 2.58 bits per heavy atom. The van der Waals surface area contributed by atoms with Gasteiger partial charge in [-0.1, -0.05) is 13.8 Å². The van der Waals surface area contributed by atoms with E-state index in [1.165, 1.54) is 6.20 Å². The van der Waals surface area contributed by atoms with Gasteiger partial charge in [-0.3, -0.25) is 0 Å². The molecule has 0 fully saturated rings. The highest BCUT2D eigenvalue weighted by Crippen LogP contribution is 2.16. The molecule has 2 aromatic heterocycles. The van der Waals surface area contributed by atoms with Gasteiger partial charge in [-0.05, 0) is 37.5 Å². The van der Waals surface area contributed by atoms with E-state index in [2.05, 4.69) is 30.0 Å². The highest BCUT2D eigenvalue weighted by Gasteiger charge is 2.13. The van der Waals surface area contributed by atoms with Crippen LogP contribution in [0, 0.1) is 6.92 Å². The zero-order chi connectivity index (χ0) is 14.0. The Kier molecular flexibility index (Phi) is 3.64. The van der Waals surface area contributed by atoms with Gasteiger partial charge in [0.1, 0.15) is 0 Å². The van der Waals surface area contributed by atoms with Crippen molar-refractivity contribution in [3.63, 3.8) is 0 Å². The van der Waals surface area contributed by atoms with E-state index in [9.17, 15) is 4.79 Å². The average molecular weight is 259 g/mol. The molecule has 0 aliphatic rings. The molecule has 0 bridgehead atoms. The number of nitrogens with zero attached hydrogens (tertiary/aromatic N) is 3. The topological polar surface area (TPSA) is 68.0 Å². The standard InChI is InChI=1S/C14H17N3O2/c1-4-11-7-12(5-2)17(16-11)13-9(3)6-10(8-15-13)14(18)19/h6-8H,4-5H2,1-3H3,(H,18,19). The molecule has 5 nitrogen and oxygen atoms in total. The normalized spacial score (nSPS) is 10.7. The van der Waals surface area contributed by atoms with Crippen molar-refractivity contribution >= 4 is 5.97 Å². The Bertz CT molecular complexity index is 617. The fraction of sp³-hybridized carbons (Fsp3) is 0.357. The maximum Gasteiger partial charge on any atom is 0.337 e. The van der Waals surface area contributed by atoms with Gasteiger partial charge in [0.2, 0.25) is 0 Å². The number of rotatable bonds is 4. The molecule has 19 heavy (non-hydrogen) atoms. The fourth-order valence-corrected chi connectivity index (χ4v) is 1.99. The van der Waals surface area contributed by atoms with Crippen molar-refractivity contribution in [1.29, 1.82) is 0 Å². The minimum atomic E-state index is -0.965. The Morgan fingerprint density at radius 1 is 1.32 bits per heavy atom. The van der Waals surface area contributed by atoms with Crippen molar-refractivity contribution in [2.75, 3.05) is 0 Å². The summed E-state index contributed by atoms with van der Waals surface area (Å²) in [5, 5.41) is 13.5. The predicted molar refractivity (Wildman–Crippen MR) is 71.8 cm³/mol. The van der Waals surface area contributed by atoms with E-state index in [1.807, 2.05) is 6.92 Å². The Morgan fingerprint density at radius 2 is 2.05 bits per heavy atom. The van der Waals surface area contributed by atoms with Crippen LogP contribution in [0.1, 0.15) is 41.2 Å². The van der Waals surface area contributed by atoms with Crippen molar-refractivity contribution in [2.24, 2.45) is 0 Å². The zero-order valence-electron chi connectivity index (χ0n) is 11.3. The van der Waals surface area contributed by atoms with Crippen LogP contribution in [0.4, 0.5) is 0 Å². The largest absolute Gasteiger partial charge is 0.478 e. The van der Waals surface area contributed by atoms with Gasteiger partial charge in [0.15, 0.2) is 5.82 Å². The molecule has 100 valence electrons. The molecule has 0 atom stereocenters. The molecule has 0 radical (unpaired) electrons. The van der Waals surface area contributed by atoms with Crippen LogP contribution in [0.3, 0.4) is 0 Å². The molecule has 0 aromatic carbocycles. The molecule has 0 amide bonds. The second-order valence-electron chi connectivity index (χ2n) is 4.42. The van der Waals surface area contributed by atoms with Crippen LogP contribution < -0.4 is 0 Å². The second kappa shape index (κ2) is 5.22. The lowest BCUT2D eigenvalue weighted by Crippen LogP contribution is -2.08. The molecule has 0 aliphatic carbocycles. The van der Waals surface area contributed by atoms with Gasteiger partial charge in [-0.15, -0.1) is 0 Å². The molecule has 0 unspecified atom stereocenters. The third kappa shape index (κ3) is 2.50. The summed E-state index contributed by atoms with van der Waals surface area (Å²) in [4.78, 5) is 15.2. The summed E-state index contributed by atoms with van der Waals surface area (Å²) in [6.45, 7) is 5.97. The molecular formula is C14H17N3O2. The van der Waals surface area contributed by atoms with E-state index in [-0.39, 0.29) is 5.56 Å². The quantitative estimate of drug-likeness (QED) is 0.915. The van der Waals surface area contributed by atoms with Crippen molar-refractivity contribution in [3.05, 3.63) is 40.8 Å². The Hall–Kier alpha value is -2.17. The number of aromatic nitrogens is 3. The van der Waals surface area contributed by atoms with Crippen molar-refractivity contribution in [3.8, 4) is 5.82 Å². The zero-order valence-corrected chi connectivity index (χ0v) is 11.3. The van der Waals surface area contributed by atoms with Crippen LogP contribution in [0.2, 0.25) is 0 Å². The first-order valence-corrected chi connectivity index (χ1v) is 6.35. The summed E-state index contributed by atoms with van der Waals surface area (Å²) in [5.41, 5.74) is 3.10. The van der Waals surface area contributed by atoms with Gasteiger partial charge in [-0.25, -0.2) is 14.5 Å². The molecule has 0 aliphatic heterocycles. The van der Waals surface area contributed by atoms with Crippen molar-refractivity contribution in [1.82, 2.24) is 14.8 Å². The lowest BCUT2D eigenvalue weighted by Gasteiger charge is -2.08. The van der Waals surface area contributed by atoms with Crippen LogP contribution in [0.5, 0.6) is 0 Å². The lowest BCUT2D eigenvalue weighted by atomic mass is 10.2. The highest BCUT2D eigenvalue weighted by molar-refractivity contribution is 5.87. The van der Waals surface area contributed by atoms with Crippen LogP contribution in [0.25, 0.3) is 5.82 Å². The van der Waals surface area contributed by atoms with Gasteiger partial charge in [0.25, 0.3) is 0 Å². The van der Waals surface area contributed by atoms with Crippen molar-refractivity contribution in [2.45, 2.75) is 33.6 Å². The number of carbonyl (C=O) groups is 1.